The van der Waals surface area contributed by atoms with Gasteiger partial charge in [0, 0.05) is 17.3 Å². The number of hydrogen-bond donors (Lipinski definition) is 2. The average molecular weight is 334 g/mol. The third kappa shape index (κ3) is 5.42. The number of carbonyl (C=O) groups excluding carboxylic acids is 3. The highest BCUT2D eigenvalue weighted by Gasteiger charge is 2.15. The molecule has 0 radical (unpaired) electrons. The molecule has 0 fully saturated rings. The topological polar surface area (TPSA) is 93.7 Å². The standard InChI is InChI=1S/C17H22N2O5/c1-10(2)18-16(21)12-6-7-13(11(3)8-12)19-14(17(22)24-5)9-15(20)23-4/h6-10,19H,1-5H3,(H,18,21)/b14-9+. The molecule has 0 aromatic heterocycles. The van der Waals surface area contributed by atoms with Crippen LogP contribution in [0.5, 0.6) is 0 Å². The van der Waals surface area contributed by atoms with E-state index in [2.05, 4.69) is 20.1 Å². The molecular weight excluding hydrogens is 312 g/mol. The number of benzene rings is 1. The van der Waals surface area contributed by atoms with Crippen LogP contribution in [0.4, 0.5) is 5.69 Å². The number of esters is 2. The summed E-state index contributed by atoms with van der Waals surface area (Å²) < 4.78 is 9.15. The van der Waals surface area contributed by atoms with Crippen LogP contribution in [-0.2, 0) is 19.1 Å². The number of methoxy groups -OCH3 is 2. The van der Waals surface area contributed by atoms with Gasteiger partial charge in [0.1, 0.15) is 5.70 Å². The predicted molar refractivity (Wildman–Crippen MR) is 89.5 cm³/mol. The van der Waals surface area contributed by atoms with Gasteiger partial charge >= 0.3 is 11.9 Å². The van der Waals surface area contributed by atoms with Crippen molar-refractivity contribution in [3.05, 3.63) is 41.1 Å². The zero-order chi connectivity index (χ0) is 18.3. The molecule has 1 rings (SSSR count). The molecule has 0 unspecified atom stereocenters. The number of hydrogen-bond acceptors (Lipinski definition) is 6. The second-order valence-corrected chi connectivity index (χ2v) is 5.36. The lowest BCUT2D eigenvalue weighted by atomic mass is 10.1. The normalized spacial score (nSPS) is 11.0. The van der Waals surface area contributed by atoms with Crippen molar-refractivity contribution in [2.45, 2.75) is 26.8 Å². The molecule has 0 saturated carbocycles. The second-order valence-electron chi connectivity index (χ2n) is 5.36. The summed E-state index contributed by atoms with van der Waals surface area (Å²) in [6, 6.07) is 5.00. The van der Waals surface area contributed by atoms with Crippen molar-refractivity contribution in [1.82, 2.24) is 5.32 Å². The third-order valence-corrected chi connectivity index (χ3v) is 3.05. The van der Waals surface area contributed by atoms with E-state index in [1.807, 2.05) is 13.8 Å². The maximum atomic E-state index is 12.0. The predicted octanol–water partition coefficient (Wildman–Crippen LogP) is 1.78. The van der Waals surface area contributed by atoms with Crippen molar-refractivity contribution in [3.8, 4) is 0 Å². The van der Waals surface area contributed by atoms with Crippen LogP contribution < -0.4 is 10.6 Å². The lowest BCUT2D eigenvalue weighted by molar-refractivity contribution is -0.138. The van der Waals surface area contributed by atoms with Crippen molar-refractivity contribution in [3.63, 3.8) is 0 Å². The third-order valence-electron chi connectivity index (χ3n) is 3.05. The minimum atomic E-state index is -0.707. The van der Waals surface area contributed by atoms with Gasteiger partial charge in [-0.25, -0.2) is 9.59 Å². The van der Waals surface area contributed by atoms with E-state index in [-0.39, 0.29) is 17.6 Å². The fourth-order valence-corrected chi connectivity index (χ4v) is 1.87. The van der Waals surface area contributed by atoms with Gasteiger partial charge in [0.2, 0.25) is 0 Å². The first-order valence-corrected chi connectivity index (χ1v) is 7.35. The molecular formula is C17H22N2O5. The first kappa shape index (κ1) is 19.2. The molecule has 0 spiro atoms. The Labute approximate surface area is 141 Å². The summed E-state index contributed by atoms with van der Waals surface area (Å²) >= 11 is 0. The van der Waals surface area contributed by atoms with Gasteiger partial charge in [0.15, 0.2) is 0 Å². The fraction of sp³-hybridized carbons (Fsp3) is 0.353. The molecule has 130 valence electrons. The number of aryl methyl sites for hydroxylation is 1. The number of rotatable bonds is 6. The Morgan fingerprint density at radius 1 is 1.12 bits per heavy atom. The van der Waals surface area contributed by atoms with Crippen molar-refractivity contribution in [2.75, 3.05) is 19.5 Å². The summed E-state index contributed by atoms with van der Waals surface area (Å²) in [7, 11) is 2.42. The molecule has 7 nitrogen and oxygen atoms in total. The van der Waals surface area contributed by atoms with Gasteiger partial charge in [0.05, 0.1) is 20.3 Å². The summed E-state index contributed by atoms with van der Waals surface area (Å²) in [6.45, 7) is 5.53. The number of anilines is 1. The maximum absolute atomic E-state index is 12.0. The average Bonchev–Trinajstić information content (AvgIpc) is 2.54. The maximum Gasteiger partial charge on any atom is 0.354 e. The lowest BCUT2D eigenvalue weighted by Crippen LogP contribution is -2.30. The van der Waals surface area contributed by atoms with Crippen molar-refractivity contribution < 1.29 is 23.9 Å². The molecule has 1 aromatic carbocycles. The molecule has 0 saturated heterocycles. The molecule has 0 aliphatic carbocycles. The van der Waals surface area contributed by atoms with Gasteiger partial charge in [0.25, 0.3) is 5.91 Å². The van der Waals surface area contributed by atoms with Crippen LogP contribution in [0.15, 0.2) is 30.0 Å². The molecule has 7 heteroatoms. The SMILES string of the molecule is COC(=O)/C=C(/Nc1ccc(C(=O)NC(C)C)cc1C)C(=O)OC. The number of amides is 1. The van der Waals surface area contributed by atoms with Gasteiger partial charge in [-0.3, -0.25) is 4.79 Å². The Kier molecular flexibility index (Phi) is 6.98. The fourth-order valence-electron chi connectivity index (χ4n) is 1.87. The summed E-state index contributed by atoms with van der Waals surface area (Å²) in [5.41, 5.74) is 1.73. The highest BCUT2D eigenvalue weighted by molar-refractivity contribution is 5.99. The molecule has 24 heavy (non-hydrogen) atoms. The second kappa shape index (κ2) is 8.71. The van der Waals surface area contributed by atoms with Gasteiger partial charge in [-0.05, 0) is 44.5 Å². The van der Waals surface area contributed by atoms with Crippen LogP contribution in [0.3, 0.4) is 0 Å². The highest BCUT2D eigenvalue weighted by Crippen LogP contribution is 2.19. The zero-order valence-electron chi connectivity index (χ0n) is 14.4. The molecule has 0 atom stereocenters. The van der Waals surface area contributed by atoms with Gasteiger partial charge in [-0.1, -0.05) is 0 Å². The first-order valence-electron chi connectivity index (χ1n) is 7.35. The largest absolute Gasteiger partial charge is 0.466 e. The Balaban J connectivity index is 3.05. The van der Waals surface area contributed by atoms with Crippen molar-refractivity contribution in [2.24, 2.45) is 0 Å². The number of ether oxygens (including phenoxy) is 2. The van der Waals surface area contributed by atoms with Crippen LogP contribution in [0.1, 0.15) is 29.8 Å². The van der Waals surface area contributed by atoms with E-state index >= 15 is 0 Å². The Hall–Kier alpha value is -2.83. The summed E-state index contributed by atoms with van der Waals surface area (Å²) in [6.07, 6.45) is 1.00. The van der Waals surface area contributed by atoms with Crippen molar-refractivity contribution in [1.29, 1.82) is 0 Å². The lowest BCUT2D eigenvalue weighted by Gasteiger charge is -2.13. The molecule has 1 amide bonds. The summed E-state index contributed by atoms with van der Waals surface area (Å²) in [5, 5.41) is 5.63. The van der Waals surface area contributed by atoms with E-state index in [1.165, 1.54) is 14.2 Å². The van der Waals surface area contributed by atoms with Crippen LogP contribution in [0.2, 0.25) is 0 Å². The molecule has 2 N–H and O–H groups in total. The minimum Gasteiger partial charge on any atom is -0.466 e. The Morgan fingerprint density at radius 3 is 2.29 bits per heavy atom. The summed E-state index contributed by atoms with van der Waals surface area (Å²) in [4.78, 5) is 35.1. The van der Waals surface area contributed by atoms with E-state index in [9.17, 15) is 14.4 Å². The van der Waals surface area contributed by atoms with Gasteiger partial charge in [-0.15, -0.1) is 0 Å². The van der Waals surface area contributed by atoms with E-state index in [4.69, 9.17) is 0 Å². The van der Waals surface area contributed by atoms with E-state index in [1.54, 1.807) is 25.1 Å². The van der Waals surface area contributed by atoms with E-state index in [0.29, 0.717) is 11.3 Å². The molecule has 1 aromatic rings. The Bertz CT molecular complexity index is 665. The smallest absolute Gasteiger partial charge is 0.354 e. The number of carbonyl (C=O) groups is 3. The zero-order valence-corrected chi connectivity index (χ0v) is 14.4. The first-order chi connectivity index (χ1) is 11.3. The van der Waals surface area contributed by atoms with E-state index < -0.39 is 11.9 Å². The van der Waals surface area contributed by atoms with Gasteiger partial charge in [-0.2, -0.15) is 0 Å². The van der Waals surface area contributed by atoms with Crippen LogP contribution in [-0.4, -0.2) is 38.1 Å². The quantitative estimate of drug-likeness (QED) is 0.608. The van der Waals surface area contributed by atoms with E-state index in [0.717, 1.165) is 11.6 Å². The molecule has 0 bridgehead atoms. The highest BCUT2D eigenvalue weighted by atomic mass is 16.5. The molecule has 0 aliphatic heterocycles. The number of nitrogens with one attached hydrogen (secondary N) is 2. The van der Waals surface area contributed by atoms with Crippen LogP contribution in [0, 0.1) is 6.92 Å². The van der Waals surface area contributed by atoms with Crippen LogP contribution in [0.25, 0.3) is 0 Å². The Morgan fingerprint density at radius 2 is 1.79 bits per heavy atom. The van der Waals surface area contributed by atoms with Crippen molar-refractivity contribution >= 4 is 23.5 Å². The molecule has 0 aliphatic rings. The monoisotopic (exact) mass is 334 g/mol. The summed E-state index contributed by atoms with van der Waals surface area (Å²) in [5.74, 6) is -1.58. The van der Waals surface area contributed by atoms with Crippen LogP contribution >= 0.6 is 0 Å². The minimum absolute atomic E-state index is 0.0320. The van der Waals surface area contributed by atoms with Gasteiger partial charge < -0.3 is 20.1 Å². The molecule has 0 heterocycles.